The second-order valence-corrected chi connectivity index (χ2v) is 6.42. The van der Waals surface area contributed by atoms with Gasteiger partial charge in [-0.3, -0.25) is 0 Å². The van der Waals surface area contributed by atoms with Crippen molar-refractivity contribution in [2.45, 2.75) is 31.2 Å². The van der Waals surface area contributed by atoms with Gasteiger partial charge >= 0.3 is 0 Å². The van der Waals surface area contributed by atoms with Gasteiger partial charge < -0.3 is 5.32 Å². The summed E-state index contributed by atoms with van der Waals surface area (Å²) in [5, 5.41) is 8.73. The topological polar surface area (TPSA) is 29.9 Å². The average molecular weight is 273 g/mol. The molecule has 1 saturated heterocycles. The molecule has 0 bridgehead atoms. The lowest BCUT2D eigenvalue weighted by atomic mass is 10.1. The van der Waals surface area contributed by atoms with Crippen LogP contribution in [0.2, 0.25) is 0 Å². The first kappa shape index (κ1) is 12.8. The molecule has 0 aliphatic carbocycles. The number of nitrogens with zero attached hydrogens (tertiary/aromatic N) is 2. The molecule has 2 unspecified atom stereocenters. The Morgan fingerprint density at radius 2 is 2.26 bits per heavy atom. The molecule has 19 heavy (non-hydrogen) atoms. The molecule has 0 radical (unpaired) electrons. The zero-order chi connectivity index (χ0) is 13.1. The molecule has 1 aliphatic heterocycles. The van der Waals surface area contributed by atoms with Crippen molar-refractivity contribution >= 4 is 11.8 Å². The van der Waals surface area contributed by atoms with E-state index in [4.69, 9.17) is 0 Å². The summed E-state index contributed by atoms with van der Waals surface area (Å²) in [5.41, 5.74) is 2.47. The van der Waals surface area contributed by atoms with Gasteiger partial charge in [0.2, 0.25) is 0 Å². The number of rotatable bonds is 4. The van der Waals surface area contributed by atoms with Crippen LogP contribution in [0.3, 0.4) is 0 Å². The van der Waals surface area contributed by atoms with E-state index in [-0.39, 0.29) is 0 Å². The van der Waals surface area contributed by atoms with Crippen molar-refractivity contribution in [2.24, 2.45) is 0 Å². The predicted octanol–water partition coefficient (Wildman–Crippen LogP) is 2.86. The summed E-state index contributed by atoms with van der Waals surface area (Å²) in [6.45, 7) is 3.22. The standard InChI is InChI=1S/C15H19N3S/c1-12-14(7-10-19-12)16-11-13-5-2-3-6-15(13)18-9-4-8-17-18/h2-6,8-9,12,14,16H,7,10-11H2,1H3. The summed E-state index contributed by atoms with van der Waals surface area (Å²) in [4.78, 5) is 0. The monoisotopic (exact) mass is 273 g/mol. The highest BCUT2D eigenvalue weighted by molar-refractivity contribution is 8.00. The minimum absolute atomic E-state index is 0.635. The maximum atomic E-state index is 4.33. The van der Waals surface area contributed by atoms with Gasteiger partial charge in [0.25, 0.3) is 0 Å². The van der Waals surface area contributed by atoms with Crippen molar-refractivity contribution in [2.75, 3.05) is 5.75 Å². The van der Waals surface area contributed by atoms with Crippen molar-refractivity contribution in [1.82, 2.24) is 15.1 Å². The van der Waals surface area contributed by atoms with Gasteiger partial charge in [0.15, 0.2) is 0 Å². The number of para-hydroxylation sites is 1. The Balaban J connectivity index is 1.74. The van der Waals surface area contributed by atoms with Crippen molar-refractivity contribution in [3.63, 3.8) is 0 Å². The van der Waals surface area contributed by atoms with E-state index in [1.807, 2.05) is 23.1 Å². The second kappa shape index (κ2) is 5.80. The van der Waals surface area contributed by atoms with Crippen LogP contribution in [-0.4, -0.2) is 26.8 Å². The summed E-state index contributed by atoms with van der Waals surface area (Å²) >= 11 is 2.06. The Labute approximate surface area is 118 Å². The minimum atomic E-state index is 0.635. The van der Waals surface area contributed by atoms with Gasteiger partial charge in [0, 0.05) is 30.2 Å². The Hall–Kier alpha value is -1.26. The molecule has 1 N–H and O–H groups in total. The average Bonchev–Trinajstić information content (AvgIpc) is 3.08. The smallest absolute Gasteiger partial charge is 0.0690 e. The molecule has 0 amide bonds. The van der Waals surface area contributed by atoms with Crippen LogP contribution in [0.15, 0.2) is 42.7 Å². The zero-order valence-corrected chi connectivity index (χ0v) is 11.9. The van der Waals surface area contributed by atoms with Gasteiger partial charge in [0.1, 0.15) is 0 Å². The van der Waals surface area contributed by atoms with E-state index in [9.17, 15) is 0 Å². The molecule has 1 aliphatic rings. The van der Waals surface area contributed by atoms with Gasteiger partial charge in [-0.05, 0) is 29.9 Å². The van der Waals surface area contributed by atoms with E-state index in [0.717, 1.165) is 11.8 Å². The van der Waals surface area contributed by atoms with Crippen LogP contribution in [0.4, 0.5) is 0 Å². The van der Waals surface area contributed by atoms with Crippen molar-refractivity contribution in [1.29, 1.82) is 0 Å². The van der Waals surface area contributed by atoms with Gasteiger partial charge in [-0.15, -0.1) is 0 Å². The fraction of sp³-hybridized carbons (Fsp3) is 0.400. The molecule has 4 heteroatoms. The molecule has 1 aromatic carbocycles. The number of aromatic nitrogens is 2. The highest BCUT2D eigenvalue weighted by atomic mass is 32.2. The molecule has 0 saturated carbocycles. The lowest BCUT2D eigenvalue weighted by Crippen LogP contribution is -2.33. The summed E-state index contributed by atoms with van der Waals surface area (Å²) in [6.07, 6.45) is 5.09. The van der Waals surface area contributed by atoms with E-state index < -0.39 is 0 Å². The number of benzene rings is 1. The van der Waals surface area contributed by atoms with E-state index in [1.54, 1.807) is 0 Å². The number of nitrogens with one attached hydrogen (secondary N) is 1. The Morgan fingerprint density at radius 3 is 3.00 bits per heavy atom. The number of hydrogen-bond acceptors (Lipinski definition) is 3. The molecule has 1 fully saturated rings. The fourth-order valence-electron chi connectivity index (χ4n) is 2.54. The Morgan fingerprint density at radius 1 is 1.37 bits per heavy atom. The molecule has 2 heterocycles. The van der Waals surface area contributed by atoms with E-state index >= 15 is 0 Å². The number of hydrogen-bond donors (Lipinski definition) is 1. The van der Waals surface area contributed by atoms with Crippen LogP contribution in [0, 0.1) is 0 Å². The van der Waals surface area contributed by atoms with Gasteiger partial charge in [-0.25, -0.2) is 4.68 Å². The van der Waals surface area contributed by atoms with Crippen LogP contribution in [0.1, 0.15) is 18.9 Å². The third kappa shape index (κ3) is 2.85. The van der Waals surface area contributed by atoms with E-state index in [2.05, 4.69) is 53.4 Å². The summed E-state index contributed by atoms with van der Waals surface area (Å²) < 4.78 is 1.93. The lowest BCUT2D eigenvalue weighted by Gasteiger charge is -2.18. The normalized spacial score (nSPS) is 22.8. The van der Waals surface area contributed by atoms with Crippen molar-refractivity contribution in [3.8, 4) is 5.69 Å². The molecule has 2 atom stereocenters. The van der Waals surface area contributed by atoms with Crippen LogP contribution in [0.5, 0.6) is 0 Å². The zero-order valence-electron chi connectivity index (χ0n) is 11.1. The lowest BCUT2D eigenvalue weighted by molar-refractivity contribution is 0.512. The first-order valence-corrected chi connectivity index (χ1v) is 7.82. The summed E-state index contributed by atoms with van der Waals surface area (Å²) in [5.74, 6) is 1.28. The van der Waals surface area contributed by atoms with E-state index in [0.29, 0.717) is 6.04 Å². The van der Waals surface area contributed by atoms with Crippen LogP contribution >= 0.6 is 11.8 Å². The van der Waals surface area contributed by atoms with Crippen molar-refractivity contribution in [3.05, 3.63) is 48.3 Å². The third-order valence-electron chi connectivity index (χ3n) is 3.67. The molecule has 0 spiro atoms. The van der Waals surface area contributed by atoms with Crippen LogP contribution < -0.4 is 5.32 Å². The van der Waals surface area contributed by atoms with Gasteiger partial charge in [-0.1, -0.05) is 25.1 Å². The molecule has 3 rings (SSSR count). The largest absolute Gasteiger partial charge is 0.309 e. The van der Waals surface area contributed by atoms with Gasteiger partial charge in [0.05, 0.1) is 5.69 Å². The highest BCUT2D eigenvalue weighted by Crippen LogP contribution is 2.26. The molecule has 3 nitrogen and oxygen atoms in total. The molecular weight excluding hydrogens is 254 g/mol. The maximum Gasteiger partial charge on any atom is 0.0690 e. The Kier molecular flexibility index (Phi) is 3.89. The fourth-order valence-corrected chi connectivity index (χ4v) is 3.76. The molecule has 1 aromatic heterocycles. The van der Waals surface area contributed by atoms with Crippen molar-refractivity contribution < 1.29 is 0 Å². The first-order valence-electron chi connectivity index (χ1n) is 6.77. The summed E-state index contributed by atoms with van der Waals surface area (Å²) in [6, 6.07) is 11.1. The predicted molar refractivity (Wildman–Crippen MR) is 80.7 cm³/mol. The molecule has 2 aromatic rings. The minimum Gasteiger partial charge on any atom is -0.309 e. The van der Waals surface area contributed by atoms with Gasteiger partial charge in [-0.2, -0.15) is 16.9 Å². The number of thioether (sulfide) groups is 1. The Bertz CT molecular complexity index is 524. The van der Waals surface area contributed by atoms with E-state index in [1.165, 1.54) is 23.4 Å². The first-order chi connectivity index (χ1) is 9.34. The molecule has 100 valence electrons. The second-order valence-electron chi connectivity index (χ2n) is 4.93. The maximum absolute atomic E-state index is 4.33. The molecular formula is C15H19N3S. The third-order valence-corrected chi connectivity index (χ3v) is 5.00. The quantitative estimate of drug-likeness (QED) is 0.929. The van der Waals surface area contributed by atoms with Crippen LogP contribution in [-0.2, 0) is 6.54 Å². The highest BCUT2D eigenvalue weighted by Gasteiger charge is 2.23. The van der Waals surface area contributed by atoms with Crippen LogP contribution in [0.25, 0.3) is 5.69 Å². The summed E-state index contributed by atoms with van der Waals surface area (Å²) in [7, 11) is 0. The SMILES string of the molecule is CC1SCCC1NCc1ccccc1-n1cccn1.